The van der Waals surface area contributed by atoms with E-state index in [1.54, 1.807) is 19.1 Å². The average molecular weight is 288 g/mol. The molecular weight excluding hydrogens is 276 g/mol. The summed E-state index contributed by atoms with van der Waals surface area (Å²) in [5.74, 6) is -1.95. The molecular formula is C15H12O4S. The van der Waals surface area contributed by atoms with Gasteiger partial charge in [0.1, 0.15) is 0 Å². The Morgan fingerprint density at radius 1 is 1.15 bits per heavy atom. The number of carboxylic acids is 2. The standard InChI is InChI=1S/C15H12O4S/c1-9(7-14(16)17)12-5-6-13(20-12)10-3-2-4-11(8-10)15(18)19/h2-8H,1H3,(H,16,17)(H,18,19)/b9-7+. The average Bonchev–Trinajstić information content (AvgIpc) is 2.87. The highest BCUT2D eigenvalue weighted by molar-refractivity contribution is 7.16. The number of allylic oxidation sites excluding steroid dienone is 1. The fourth-order valence-electron chi connectivity index (χ4n) is 1.77. The van der Waals surface area contributed by atoms with E-state index in [4.69, 9.17) is 10.2 Å². The van der Waals surface area contributed by atoms with Crippen LogP contribution in [-0.4, -0.2) is 22.2 Å². The predicted octanol–water partition coefficient (Wildman–Crippen LogP) is 3.60. The number of hydrogen-bond donors (Lipinski definition) is 2. The Kier molecular flexibility index (Phi) is 4.00. The van der Waals surface area contributed by atoms with Gasteiger partial charge < -0.3 is 10.2 Å². The van der Waals surface area contributed by atoms with Crippen molar-refractivity contribution in [1.82, 2.24) is 0 Å². The van der Waals surface area contributed by atoms with Crippen LogP contribution in [-0.2, 0) is 4.79 Å². The highest BCUT2D eigenvalue weighted by Crippen LogP contribution is 2.32. The van der Waals surface area contributed by atoms with Crippen LogP contribution in [0.25, 0.3) is 16.0 Å². The first-order valence-electron chi connectivity index (χ1n) is 5.82. The van der Waals surface area contributed by atoms with Crippen LogP contribution in [0.2, 0.25) is 0 Å². The maximum atomic E-state index is 10.9. The lowest BCUT2D eigenvalue weighted by molar-refractivity contribution is -0.131. The summed E-state index contributed by atoms with van der Waals surface area (Å²) in [7, 11) is 0. The highest BCUT2D eigenvalue weighted by Gasteiger charge is 2.08. The second-order valence-electron chi connectivity index (χ2n) is 4.22. The van der Waals surface area contributed by atoms with Gasteiger partial charge in [-0.2, -0.15) is 0 Å². The van der Waals surface area contributed by atoms with E-state index in [1.807, 2.05) is 18.2 Å². The molecule has 0 bridgehead atoms. The quantitative estimate of drug-likeness (QED) is 0.843. The molecule has 1 aromatic carbocycles. The zero-order chi connectivity index (χ0) is 14.7. The Hall–Kier alpha value is -2.40. The van der Waals surface area contributed by atoms with E-state index in [-0.39, 0.29) is 5.56 Å². The normalized spacial score (nSPS) is 11.3. The molecule has 0 aliphatic carbocycles. The zero-order valence-electron chi connectivity index (χ0n) is 10.7. The summed E-state index contributed by atoms with van der Waals surface area (Å²) in [6, 6.07) is 10.4. The molecule has 2 N–H and O–H groups in total. The fraction of sp³-hybridized carbons (Fsp3) is 0.0667. The van der Waals surface area contributed by atoms with Crippen molar-refractivity contribution in [3.63, 3.8) is 0 Å². The third-order valence-electron chi connectivity index (χ3n) is 2.73. The summed E-state index contributed by atoms with van der Waals surface area (Å²) in [4.78, 5) is 23.3. The van der Waals surface area contributed by atoms with Crippen LogP contribution in [0.5, 0.6) is 0 Å². The minimum atomic E-state index is -0.981. The number of aliphatic carboxylic acids is 1. The summed E-state index contributed by atoms with van der Waals surface area (Å²) < 4.78 is 0. The Labute approximate surface area is 119 Å². The largest absolute Gasteiger partial charge is 0.478 e. The van der Waals surface area contributed by atoms with Gasteiger partial charge in [0.2, 0.25) is 0 Å². The van der Waals surface area contributed by atoms with Crippen molar-refractivity contribution in [1.29, 1.82) is 0 Å². The first-order valence-corrected chi connectivity index (χ1v) is 6.64. The van der Waals surface area contributed by atoms with E-state index >= 15 is 0 Å². The lowest BCUT2D eigenvalue weighted by Crippen LogP contribution is -1.95. The van der Waals surface area contributed by atoms with Gasteiger partial charge in [-0.25, -0.2) is 9.59 Å². The van der Waals surface area contributed by atoms with Crippen LogP contribution in [0, 0.1) is 0 Å². The molecule has 1 aromatic heterocycles. The van der Waals surface area contributed by atoms with Crippen molar-refractivity contribution in [2.24, 2.45) is 0 Å². The van der Waals surface area contributed by atoms with Crippen LogP contribution in [0.3, 0.4) is 0 Å². The first-order chi connectivity index (χ1) is 9.47. The van der Waals surface area contributed by atoms with Crippen LogP contribution in [0.4, 0.5) is 0 Å². The van der Waals surface area contributed by atoms with E-state index in [2.05, 4.69) is 0 Å². The minimum absolute atomic E-state index is 0.232. The molecule has 102 valence electrons. The van der Waals surface area contributed by atoms with Gasteiger partial charge in [-0.3, -0.25) is 0 Å². The molecule has 0 aliphatic rings. The first kappa shape index (κ1) is 14.0. The molecule has 4 nitrogen and oxygen atoms in total. The Morgan fingerprint density at radius 3 is 2.55 bits per heavy atom. The van der Waals surface area contributed by atoms with Gasteiger partial charge in [-0.05, 0) is 42.3 Å². The van der Waals surface area contributed by atoms with Crippen LogP contribution >= 0.6 is 11.3 Å². The summed E-state index contributed by atoms with van der Waals surface area (Å²) in [6.07, 6.45) is 1.16. The van der Waals surface area contributed by atoms with Crippen molar-refractivity contribution in [2.45, 2.75) is 6.92 Å². The molecule has 0 aliphatic heterocycles. The molecule has 20 heavy (non-hydrogen) atoms. The fourth-order valence-corrected chi connectivity index (χ4v) is 2.74. The van der Waals surface area contributed by atoms with Gasteiger partial charge in [0, 0.05) is 15.8 Å². The predicted molar refractivity (Wildman–Crippen MR) is 78.0 cm³/mol. The van der Waals surface area contributed by atoms with E-state index in [1.165, 1.54) is 17.4 Å². The van der Waals surface area contributed by atoms with Gasteiger partial charge in [0.05, 0.1) is 5.56 Å². The number of rotatable bonds is 4. The molecule has 0 spiro atoms. The summed E-state index contributed by atoms with van der Waals surface area (Å²) >= 11 is 1.43. The molecule has 0 atom stereocenters. The number of aromatic carboxylic acids is 1. The van der Waals surface area contributed by atoms with Gasteiger partial charge in [-0.15, -0.1) is 11.3 Å². The Balaban J connectivity index is 2.36. The Morgan fingerprint density at radius 2 is 1.90 bits per heavy atom. The summed E-state index contributed by atoms with van der Waals surface area (Å²) in [6.45, 7) is 1.73. The Bertz CT molecular complexity index is 697. The van der Waals surface area contributed by atoms with Crippen molar-refractivity contribution in [3.05, 3.63) is 52.9 Å². The molecule has 0 radical (unpaired) electrons. The number of hydrogen-bond acceptors (Lipinski definition) is 3. The van der Waals surface area contributed by atoms with Crippen molar-refractivity contribution < 1.29 is 19.8 Å². The smallest absolute Gasteiger partial charge is 0.335 e. The maximum absolute atomic E-state index is 10.9. The summed E-state index contributed by atoms with van der Waals surface area (Å²) in [5, 5.41) is 17.7. The van der Waals surface area contributed by atoms with Gasteiger partial charge in [0.25, 0.3) is 0 Å². The molecule has 0 amide bonds. The zero-order valence-corrected chi connectivity index (χ0v) is 11.5. The third-order valence-corrected chi connectivity index (χ3v) is 4.00. The molecule has 5 heteroatoms. The van der Waals surface area contributed by atoms with Gasteiger partial charge in [-0.1, -0.05) is 12.1 Å². The van der Waals surface area contributed by atoms with Crippen molar-refractivity contribution in [2.75, 3.05) is 0 Å². The second-order valence-corrected chi connectivity index (χ2v) is 5.30. The van der Waals surface area contributed by atoms with Gasteiger partial charge in [0.15, 0.2) is 0 Å². The lowest BCUT2D eigenvalue weighted by Gasteiger charge is -1.99. The van der Waals surface area contributed by atoms with Crippen LogP contribution < -0.4 is 0 Å². The molecule has 0 saturated carbocycles. The minimum Gasteiger partial charge on any atom is -0.478 e. The SMILES string of the molecule is C/C(=C\C(=O)O)c1ccc(-c2cccc(C(=O)O)c2)s1. The van der Waals surface area contributed by atoms with E-state index in [0.717, 1.165) is 21.4 Å². The summed E-state index contributed by atoms with van der Waals surface area (Å²) in [5.41, 5.74) is 1.71. The van der Waals surface area contributed by atoms with E-state index < -0.39 is 11.9 Å². The molecule has 2 rings (SSSR count). The number of carboxylic acid groups (broad SMARTS) is 2. The van der Waals surface area contributed by atoms with E-state index in [9.17, 15) is 9.59 Å². The maximum Gasteiger partial charge on any atom is 0.335 e. The third kappa shape index (κ3) is 3.13. The van der Waals surface area contributed by atoms with Crippen molar-refractivity contribution >= 4 is 28.8 Å². The second kappa shape index (κ2) is 5.71. The molecule has 2 aromatic rings. The van der Waals surface area contributed by atoms with Crippen LogP contribution in [0.1, 0.15) is 22.2 Å². The lowest BCUT2D eigenvalue weighted by atomic mass is 10.1. The molecule has 0 saturated heterocycles. The topological polar surface area (TPSA) is 74.6 Å². The van der Waals surface area contributed by atoms with Gasteiger partial charge >= 0.3 is 11.9 Å². The number of carbonyl (C=O) groups is 2. The van der Waals surface area contributed by atoms with Crippen molar-refractivity contribution in [3.8, 4) is 10.4 Å². The monoisotopic (exact) mass is 288 g/mol. The van der Waals surface area contributed by atoms with Crippen LogP contribution in [0.15, 0.2) is 42.5 Å². The molecule has 1 heterocycles. The molecule has 0 unspecified atom stereocenters. The molecule has 0 fully saturated rings. The number of thiophene rings is 1. The van der Waals surface area contributed by atoms with E-state index in [0.29, 0.717) is 5.57 Å². The number of benzene rings is 1. The highest BCUT2D eigenvalue weighted by atomic mass is 32.1.